The Hall–Kier alpha value is -1.91. The van der Waals surface area contributed by atoms with Gasteiger partial charge in [-0.25, -0.2) is 8.42 Å². The van der Waals surface area contributed by atoms with Crippen molar-refractivity contribution in [3.8, 4) is 6.07 Å². The highest BCUT2D eigenvalue weighted by Crippen LogP contribution is 2.15. The van der Waals surface area contributed by atoms with E-state index in [9.17, 15) is 13.2 Å². The topological polar surface area (TPSA) is 90.3 Å². The Morgan fingerprint density at radius 2 is 2.16 bits per heavy atom. The second-order valence-corrected chi connectivity index (χ2v) is 6.30. The Bertz CT molecular complexity index is 634. The second-order valence-electron chi connectivity index (χ2n) is 4.21. The first-order valence-electron chi connectivity index (χ1n) is 5.80. The lowest BCUT2D eigenvalue weighted by Crippen LogP contribution is -2.34. The number of nitriles is 1. The molecule has 1 amide bonds. The maximum atomic E-state index is 11.8. The first-order valence-corrected chi connectivity index (χ1v) is 7.40. The Kier molecular flexibility index (Phi) is 3.83. The van der Waals surface area contributed by atoms with Gasteiger partial charge in [-0.2, -0.15) is 9.57 Å². The number of anilines is 1. The fraction of sp³-hybridized carbons (Fsp3) is 0.333. The van der Waals surface area contributed by atoms with Gasteiger partial charge in [0.15, 0.2) is 0 Å². The Morgan fingerprint density at radius 3 is 2.79 bits per heavy atom. The Morgan fingerprint density at radius 1 is 1.42 bits per heavy atom. The molecule has 1 heterocycles. The molecule has 0 aromatic heterocycles. The Labute approximate surface area is 111 Å². The average Bonchev–Trinajstić information content (AvgIpc) is 2.69. The number of hydrogen-bond acceptors (Lipinski definition) is 4. The molecule has 1 aromatic carbocycles. The molecule has 7 heteroatoms. The number of para-hydroxylation sites is 1. The lowest BCUT2D eigenvalue weighted by atomic mass is 10.2. The van der Waals surface area contributed by atoms with Crippen LogP contribution in [0.25, 0.3) is 0 Å². The molecule has 1 fully saturated rings. The molecule has 1 aliphatic heterocycles. The van der Waals surface area contributed by atoms with E-state index in [2.05, 4.69) is 5.32 Å². The van der Waals surface area contributed by atoms with Crippen LogP contribution in [0.3, 0.4) is 0 Å². The third-order valence-corrected chi connectivity index (χ3v) is 4.75. The maximum Gasteiger partial charge on any atom is 0.239 e. The molecule has 2 rings (SSSR count). The first-order chi connectivity index (χ1) is 9.03. The van der Waals surface area contributed by atoms with Crippen LogP contribution >= 0.6 is 0 Å². The number of nitrogens with zero attached hydrogens (tertiary/aromatic N) is 2. The van der Waals surface area contributed by atoms with E-state index in [0.29, 0.717) is 24.2 Å². The van der Waals surface area contributed by atoms with Gasteiger partial charge >= 0.3 is 0 Å². The lowest BCUT2D eigenvalue weighted by molar-refractivity contribution is -0.116. The van der Waals surface area contributed by atoms with E-state index in [-0.39, 0.29) is 12.3 Å². The van der Waals surface area contributed by atoms with Crippen molar-refractivity contribution in [1.29, 1.82) is 5.26 Å². The van der Waals surface area contributed by atoms with E-state index in [0.717, 1.165) is 4.31 Å². The second kappa shape index (κ2) is 5.38. The number of rotatable bonds is 3. The van der Waals surface area contributed by atoms with Crippen molar-refractivity contribution in [2.75, 3.05) is 24.2 Å². The molecule has 0 spiro atoms. The quantitative estimate of drug-likeness (QED) is 0.874. The molecule has 0 radical (unpaired) electrons. The number of benzene rings is 1. The van der Waals surface area contributed by atoms with Crippen LogP contribution in [0.4, 0.5) is 5.69 Å². The summed E-state index contributed by atoms with van der Waals surface area (Å²) in [6.45, 7) is 0.164. The fourth-order valence-corrected chi connectivity index (χ4v) is 3.38. The molecule has 100 valence electrons. The molecule has 0 saturated carbocycles. The van der Waals surface area contributed by atoms with Crippen LogP contribution in [0, 0.1) is 11.3 Å². The van der Waals surface area contributed by atoms with Gasteiger partial charge in [0.1, 0.15) is 6.07 Å². The smallest absolute Gasteiger partial charge is 0.239 e. The first kappa shape index (κ1) is 13.5. The van der Waals surface area contributed by atoms with E-state index in [1.807, 2.05) is 6.07 Å². The number of sulfonamides is 1. The Balaban J connectivity index is 2.05. The van der Waals surface area contributed by atoms with Crippen molar-refractivity contribution < 1.29 is 13.2 Å². The van der Waals surface area contributed by atoms with Gasteiger partial charge in [-0.3, -0.25) is 4.79 Å². The zero-order valence-electron chi connectivity index (χ0n) is 10.2. The van der Waals surface area contributed by atoms with E-state index in [4.69, 9.17) is 5.26 Å². The van der Waals surface area contributed by atoms with Gasteiger partial charge in [0.05, 0.1) is 23.5 Å². The van der Waals surface area contributed by atoms with Gasteiger partial charge < -0.3 is 5.32 Å². The van der Waals surface area contributed by atoms with E-state index >= 15 is 0 Å². The molecule has 1 aliphatic rings. The molecule has 1 saturated heterocycles. The number of nitrogens with one attached hydrogen (secondary N) is 1. The van der Waals surface area contributed by atoms with Crippen molar-refractivity contribution in [1.82, 2.24) is 4.31 Å². The molecular weight excluding hydrogens is 266 g/mol. The summed E-state index contributed by atoms with van der Waals surface area (Å²) in [5, 5.41) is 11.4. The van der Waals surface area contributed by atoms with Crippen LogP contribution < -0.4 is 5.32 Å². The molecule has 19 heavy (non-hydrogen) atoms. The van der Waals surface area contributed by atoms with Crippen molar-refractivity contribution >= 4 is 21.6 Å². The summed E-state index contributed by atoms with van der Waals surface area (Å²) < 4.78 is 24.3. The van der Waals surface area contributed by atoms with Crippen molar-refractivity contribution in [3.63, 3.8) is 0 Å². The molecule has 1 aromatic rings. The van der Waals surface area contributed by atoms with Crippen LogP contribution in [0.15, 0.2) is 24.3 Å². The third kappa shape index (κ3) is 3.10. The molecule has 6 nitrogen and oxygen atoms in total. The van der Waals surface area contributed by atoms with Crippen LogP contribution in [-0.2, 0) is 14.8 Å². The largest absolute Gasteiger partial charge is 0.324 e. The van der Waals surface area contributed by atoms with E-state index < -0.39 is 15.9 Å². The number of amides is 1. The molecule has 0 atom stereocenters. The molecular formula is C12H13N3O3S. The van der Waals surface area contributed by atoms with E-state index in [1.54, 1.807) is 24.3 Å². The van der Waals surface area contributed by atoms with Crippen molar-refractivity contribution in [2.45, 2.75) is 6.42 Å². The molecule has 0 unspecified atom stereocenters. The minimum Gasteiger partial charge on any atom is -0.324 e. The van der Waals surface area contributed by atoms with Crippen LogP contribution in [0.5, 0.6) is 0 Å². The number of carbonyl (C=O) groups excluding carboxylic acids is 1. The summed E-state index contributed by atoms with van der Waals surface area (Å²) in [6.07, 6.45) is 0.546. The molecule has 0 aliphatic carbocycles. The summed E-state index contributed by atoms with van der Waals surface area (Å²) >= 11 is 0. The predicted molar refractivity (Wildman–Crippen MR) is 69.8 cm³/mol. The van der Waals surface area contributed by atoms with Crippen LogP contribution in [0.2, 0.25) is 0 Å². The van der Waals surface area contributed by atoms with Gasteiger partial charge in [-0.05, 0) is 18.6 Å². The standard InChI is InChI=1S/C12H13N3O3S/c13-8-10-4-1-2-5-11(10)14-12(16)9-15-6-3-7-19(15,17)18/h1-2,4-5H,3,6-7,9H2,(H,14,16). The third-order valence-electron chi connectivity index (χ3n) is 2.84. The predicted octanol–water partition coefficient (Wildman–Crippen LogP) is 0.532. The molecule has 1 N–H and O–H groups in total. The van der Waals surface area contributed by atoms with Gasteiger partial charge in [0, 0.05) is 6.54 Å². The van der Waals surface area contributed by atoms with E-state index in [1.165, 1.54) is 0 Å². The lowest BCUT2D eigenvalue weighted by Gasteiger charge is -2.14. The van der Waals surface area contributed by atoms with Crippen molar-refractivity contribution in [3.05, 3.63) is 29.8 Å². The highest BCUT2D eigenvalue weighted by molar-refractivity contribution is 7.89. The summed E-state index contributed by atoms with van der Waals surface area (Å²) in [5.41, 5.74) is 0.742. The zero-order valence-corrected chi connectivity index (χ0v) is 11.0. The summed E-state index contributed by atoms with van der Waals surface area (Å²) in [6, 6.07) is 8.55. The van der Waals surface area contributed by atoms with Gasteiger partial charge in [0.25, 0.3) is 0 Å². The number of carbonyl (C=O) groups is 1. The zero-order chi connectivity index (χ0) is 13.9. The maximum absolute atomic E-state index is 11.8. The SMILES string of the molecule is N#Cc1ccccc1NC(=O)CN1CCCS1(=O)=O. The minimum atomic E-state index is -3.28. The van der Waals surface area contributed by atoms with Gasteiger partial charge in [-0.15, -0.1) is 0 Å². The number of hydrogen-bond donors (Lipinski definition) is 1. The highest BCUT2D eigenvalue weighted by Gasteiger charge is 2.29. The minimum absolute atomic E-state index is 0.0923. The summed E-state index contributed by atoms with van der Waals surface area (Å²) in [4.78, 5) is 11.8. The van der Waals surface area contributed by atoms with Gasteiger partial charge in [-0.1, -0.05) is 12.1 Å². The monoisotopic (exact) mass is 279 g/mol. The fourth-order valence-electron chi connectivity index (χ4n) is 1.91. The van der Waals surface area contributed by atoms with Gasteiger partial charge in [0.2, 0.25) is 15.9 Å². The van der Waals surface area contributed by atoms with Crippen LogP contribution in [-0.4, -0.2) is 37.5 Å². The highest BCUT2D eigenvalue weighted by atomic mass is 32.2. The normalized spacial score (nSPS) is 17.8. The van der Waals surface area contributed by atoms with Crippen LogP contribution in [0.1, 0.15) is 12.0 Å². The molecule has 0 bridgehead atoms. The van der Waals surface area contributed by atoms with Crippen molar-refractivity contribution in [2.24, 2.45) is 0 Å². The average molecular weight is 279 g/mol. The summed E-state index contributed by atoms with van der Waals surface area (Å²) in [7, 11) is -3.28. The summed E-state index contributed by atoms with van der Waals surface area (Å²) in [5.74, 6) is -0.345.